The van der Waals surface area contributed by atoms with Crippen molar-refractivity contribution in [3.8, 4) is 11.5 Å². The lowest BCUT2D eigenvalue weighted by Gasteiger charge is -2.01. The minimum absolute atomic E-state index is 0.0304. The molecule has 5 heteroatoms. The Morgan fingerprint density at radius 1 is 0.955 bits per heavy atom. The van der Waals surface area contributed by atoms with Crippen LogP contribution in [0.15, 0.2) is 67.0 Å². The van der Waals surface area contributed by atoms with E-state index in [-0.39, 0.29) is 6.61 Å². The topological polar surface area (TPSA) is 55.9 Å². The van der Waals surface area contributed by atoms with Crippen molar-refractivity contribution in [2.45, 2.75) is 6.61 Å². The number of aromatic nitrogens is 4. The molecule has 108 valence electrons. The average molecular weight is 290 g/mol. The fourth-order valence-electron chi connectivity index (χ4n) is 2.54. The summed E-state index contributed by atoms with van der Waals surface area (Å²) in [6.45, 7) is -0.0304. The van der Waals surface area contributed by atoms with Gasteiger partial charge >= 0.3 is 0 Å². The Hall–Kier alpha value is -2.92. The molecule has 0 saturated heterocycles. The van der Waals surface area contributed by atoms with Crippen molar-refractivity contribution < 1.29 is 5.11 Å². The van der Waals surface area contributed by atoms with Gasteiger partial charge in [-0.3, -0.25) is 0 Å². The number of benzene rings is 2. The van der Waals surface area contributed by atoms with E-state index in [2.05, 4.69) is 5.10 Å². The van der Waals surface area contributed by atoms with E-state index in [4.69, 9.17) is 5.10 Å². The van der Waals surface area contributed by atoms with Crippen LogP contribution in [-0.4, -0.2) is 24.7 Å². The zero-order valence-electron chi connectivity index (χ0n) is 11.8. The van der Waals surface area contributed by atoms with Gasteiger partial charge in [-0.25, -0.2) is 9.36 Å². The molecule has 1 N–H and O–H groups in total. The molecule has 0 fully saturated rings. The van der Waals surface area contributed by atoms with E-state index in [0.29, 0.717) is 0 Å². The number of rotatable bonds is 3. The molecule has 4 rings (SSSR count). The van der Waals surface area contributed by atoms with E-state index in [1.807, 2.05) is 59.3 Å². The first kappa shape index (κ1) is 12.8. The number of aliphatic hydroxyl groups excluding tert-OH is 1. The van der Waals surface area contributed by atoms with Crippen molar-refractivity contribution in [2.75, 3.05) is 0 Å². The van der Waals surface area contributed by atoms with Gasteiger partial charge < -0.3 is 5.11 Å². The SMILES string of the molecule is OCc1cnn(-c2nn(-c3ccccc3)c3ccccc23)c1. The van der Waals surface area contributed by atoms with Crippen LogP contribution < -0.4 is 0 Å². The van der Waals surface area contributed by atoms with Gasteiger partial charge in [-0.1, -0.05) is 30.3 Å². The second-order valence-electron chi connectivity index (χ2n) is 5.04. The monoisotopic (exact) mass is 290 g/mol. The largest absolute Gasteiger partial charge is 0.392 e. The second kappa shape index (κ2) is 5.13. The van der Waals surface area contributed by atoms with E-state index in [9.17, 15) is 5.11 Å². The maximum atomic E-state index is 9.22. The van der Waals surface area contributed by atoms with Gasteiger partial charge in [-0.2, -0.15) is 5.10 Å². The zero-order valence-corrected chi connectivity index (χ0v) is 11.8. The molecule has 4 aromatic rings. The lowest BCUT2D eigenvalue weighted by atomic mass is 10.2. The Labute approximate surface area is 127 Å². The molecule has 0 spiro atoms. The summed E-state index contributed by atoms with van der Waals surface area (Å²) in [5.41, 5.74) is 2.78. The smallest absolute Gasteiger partial charge is 0.183 e. The average Bonchev–Trinajstić information content (AvgIpc) is 3.20. The molecule has 0 aliphatic heterocycles. The Morgan fingerprint density at radius 2 is 1.73 bits per heavy atom. The molecular weight excluding hydrogens is 276 g/mol. The summed E-state index contributed by atoms with van der Waals surface area (Å²) >= 11 is 0. The van der Waals surface area contributed by atoms with Gasteiger partial charge in [0.25, 0.3) is 0 Å². The number of hydrogen-bond acceptors (Lipinski definition) is 3. The highest BCUT2D eigenvalue weighted by Gasteiger charge is 2.13. The summed E-state index contributed by atoms with van der Waals surface area (Å²) in [5, 5.41) is 19.2. The van der Waals surface area contributed by atoms with Crippen molar-refractivity contribution in [1.82, 2.24) is 19.6 Å². The highest BCUT2D eigenvalue weighted by molar-refractivity contribution is 5.87. The van der Waals surface area contributed by atoms with Gasteiger partial charge in [0, 0.05) is 17.1 Å². The molecule has 0 amide bonds. The fraction of sp³-hybridized carbons (Fsp3) is 0.0588. The summed E-state index contributed by atoms with van der Waals surface area (Å²) in [7, 11) is 0. The first-order valence-corrected chi connectivity index (χ1v) is 7.05. The molecule has 0 aliphatic rings. The highest BCUT2D eigenvalue weighted by atomic mass is 16.3. The van der Waals surface area contributed by atoms with Gasteiger partial charge in [-0.15, -0.1) is 5.10 Å². The molecule has 0 radical (unpaired) electrons. The van der Waals surface area contributed by atoms with Crippen molar-refractivity contribution in [1.29, 1.82) is 0 Å². The Kier molecular flexibility index (Phi) is 2.98. The van der Waals surface area contributed by atoms with Gasteiger partial charge in [-0.05, 0) is 24.3 Å². The Bertz CT molecular complexity index is 924. The lowest BCUT2D eigenvalue weighted by molar-refractivity contribution is 0.282. The quantitative estimate of drug-likeness (QED) is 0.631. The molecule has 0 saturated carbocycles. The van der Waals surface area contributed by atoms with Crippen LogP contribution in [0, 0.1) is 0 Å². The zero-order chi connectivity index (χ0) is 14.9. The van der Waals surface area contributed by atoms with Gasteiger partial charge in [0.1, 0.15) is 0 Å². The van der Waals surface area contributed by atoms with Crippen LogP contribution in [-0.2, 0) is 6.61 Å². The third-order valence-electron chi connectivity index (χ3n) is 3.60. The summed E-state index contributed by atoms with van der Waals surface area (Å²) < 4.78 is 3.61. The van der Waals surface area contributed by atoms with Crippen molar-refractivity contribution in [3.05, 3.63) is 72.6 Å². The van der Waals surface area contributed by atoms with E-state index in [0.717, 1.165) is 28.0 Å². The van der Waals surface area contributed by atoms with E-state index >= 15 is 0 Å². The number of para-hydroxylation sites is 2. The molecule has 5 nitrogen and oxygen atoms in total. The van der Waals surface area contributed by atoms with Crippen molar-refractivity contribution >= 4 is 10.9 Å². The van der Waals surface area contributed by atoms with Crippen LogP contribution in [0.1, 0.15) is 5.56 Å². The normalized spacial score (nSPS) is 11.1. The molecule has 2 heterocycles. The lowest BCUT2D eigenvalue weighted by Crippen LogP contribution is -1.99. The van der Waals surface area contributed by atoms with E-state index in [1.165, 1.54) is 0 Å². The molecule has 0 bridgehead atoms. The molecule has 2 aromatic carbocycles. The molecule has 22 heavy (non-hydrogen) atoms. The minimum Gasteiger partial charge on any atom is -0.392 e. The van der Waals surface area contributed by atoms with Crippen LogP contribution in [0.3, 0.4) is 0 Å². The summed E-state index contributed by atoms with van der Waals surface area (Å²) in [5.74, 6) is 0.749. The van der Waals surface area contributed by atoms with Gasteiger partial charge in [0.2, 0.25) is 0 Å². The van der Waals surface area contributed by atoms with Gasteiger partial charge in [0.05, 0.1) is 24.0 Å². The third-order valence-corrected chi connectivity index (χ3v) is 3.60. The molecule has 0 atom stereocenters. The fourth-order valence-corrected chi connectivity index (χ4v) is 2.54. The second-order valence-corrected chi connectivity index (χ2v) is 5.04. The van der Waals surface area contributed by atoms with Crippen LogP contribution in [0.4, 0.5) is 0 Å². The number of nitrogens with zero attached hydrogens (tertiary/aromatic N) is 4. The molecule has 0 unspecified atom stereocenters. The predicted molar refractivity (Wildman–Crippen MR) is 84.1 cm³/mol. The molecular formula is C17H14N4O. The van der Waals surface area contributed by atoms with Crippen LogP contribution in [0.5, 0.6) is 0 Å². The third kappa shape index (κ3) is 1.99. The summed E-state index contributed by atoms with van der Waals surface area (Å²) in [6, 6.07) is 18.0. The first-order valence-electron chi connectivity index (χ1n) is 7.05. The Morgan fingerprint density at radius 3 is 2.50 bits per heavy atom. The predicted octanol–water partition coefficient (Wildman–Crippen LogP) is 2.70. The standard InChI is InChI=1S/C17H14N4O/c22-12-13-10-18-20(11-13)17-15-8-4-5-9-16(15)21(19-17)14-6-2-1-3-7-14/h1-11,22H,12H2. The van der Waals surface area contributed by atoms with Crippen LogP contribution in [0.2, 0.25) is 0 Å². The summed E-state index contributed by atoms with van der Waals surface area (Å²) in [4.78, 5) is 0. The highest BCUT2D eigenvalue weighted by Crippen LogP contribution is 2.24. The molecule has 2 aromatic heterocycles. The first-order chi connectivity index (χ1) is 10.9. The number of aliphatic hydroxyl groups is 1. The van der Waals surface area contributed by atoms with E-state index < -0.39 is 0 Å². The van der Waals surface area contributed by atoms with Crippen molar-refractivity contribution in [3.63, 3.8) is 0 Å². The van der Waals surface area contributed by atoms with Crippen LogP contribution in [0.25, 0.3) is 22.4 Å². The van der Waals surface area contributed by atoms with Gasteiger partial charge in [0.15, 0.2) is 5.82 Å². The Balaban J connectivity index is 1.97. The van der Waals surface area contributed by atoms with E-state index in [1.54, 1.807) is 17.1 Å². The number of fused-ring (bicyclic) bond motifs is 1. The molecule has 0 aliphatic carbocycles. The van der Waals surface area contributed by atoms with Crippen LogP contribution >= 0.6 is 0 Å². The maximum Gasteiger partial charge on any atom is 0.183 e. The number of hydrogen-bond donors (Lipinski definition) is 1. The minimum atomic E-state index is -0.0304. The maximum absolute atomic E-state index is 9.22. The summed E-state index contributed by atoms with van der Waals surface area (Å²) in [6.07, 6.45) is 3.44. The van der Waals surface area contributed by atoms with Crippen molar-refractivity contribution in [2.24, 2.45) is 0 Å².